The lowest BCUT2D eigenvalue weighted by Gasteiger charge is -2.45. The van der Waals surface area contributed by atoms with Crippen molar-refractivity contribution in [3.05, 3.63) is 0 Å². The molecule has 0 amide bonds. The molecule has 5 atom stereocenters. The van der Waals surface area contributed by atoms with Crippen LogP contribution >= 0.6 is 0 Å². The van der Waals surface area contributed by atoms with Gasteiger partial charge in [0.05, 0.1) is 0 Å². The topological polar surface area (TPSA) is 63.6 Å². The summed E-state index contributed by atoms with van der Waals surface area (Å²) in [6.45, 7) is 4.83. The van der Waals surface area contributed by atoms with E-state index in [1.54, 1.807) is 13.8 Å². The van der Waals surface area contributed by atoms with Gasteiger partial charge in [0.1, 0.15) is 0 Å². The molecule has 4 nitrogen and oxygen atoms in total. The molecule has 2 aliphatic carbocycles. The fourth-order valence-electron chi connectivity index (χ4n) is 5.31. The summed E-state index contributed by atoms with van der Waals surface area (Å²) in [7, 11) is -5.39. The maximum Gasteiger partial charge on any atom is 0.426 e. The van der Waals surface area contributed by atoms with Gasteiger partial charge in [-0.3, -0.25) is 4.55 Å². The van der Waals surface area contributed by atoms with Crippen LogP contribution in [0.3, 0.4) is 0 Å². The molecular weight excluding hydrogens is 440 g/mol. The SMILES string of the molecule is CC(C)C1C(C)C2CC1C(CC(OCS(=O)(=O)O)(C(F)(F)F)C(F)(F)F)C2(F)F. The van der Waals surface area contributed by atoms with Gasteiger partial charge in [-0.25, -0.2) is 8.78 Å². The van der Waals surface area contributed by atoms with Crippen molar-refractivity contribution in [3.63, 3.8) is 0 Å². The van der Waals surface area contributed by atoms with Crippen molar-refractivity contribution >= 4 is 10.1 Å². The summed E-state index contributed by atoms with van der Waals surface area (Å²) in [6.07, 6.45) is -14.9. The van der Waals surface area contributed by atoms with Gasteiger partial charge < -0.3 is 4.74 Å². The molecule has 0 aromatic rings. The molecule has 2 saturated carbocycles. The lowest BCUT2D eigenvalue weighted by molar-refractivity contribution is -0.386. The third-order valence-electron chi connectivity index (χ3n) is 6.42. The van der Waals surface area contributed by atoms with E-state index in [1.807, 2.05) is 0 Å². The Labute approximate surface area is 162 Å². The van der Waals surface area contributed by atoms with Gasteiger partial charge in [-0.15, -0.1) is 0 Å². The summed E-state index contributed by atoms with van der Waals surface area (Å²) in [5, 5.41) is 0. The predicted molar refractivity (Wildman–Crippen MR) is 84.5 cm³/mol. The molecule has 0 aliphatic heterocycles. The molecule has 172 valence electrons. The smallest absolute Gasteiger partial charge is 0.339 e. The van der Waals surface area contributed by atoms with Crippen molar-refractivity contribution in [1.82, 2.24) is 0 Å². The van der Waals surface area contributed by atoms with Crippen LogP contribution in [0.25, 0.3) is 0 Å². The highest BCUT2D eigenvalue weighted by molar-refractivity contribution is 7.85. The molecule has 13 heteroatoms. The van der Waals surface area contributed by atoms with Crippen molar-refractivity contribution < 1.29 is 52.8 Å². The van der Waals surface area contributed by atoms with Gasteiger partial charge in [0, 0.05) is 18.3 Å². The molecule has 0 spiro atoms. The Morgan fingerprint density at radius 1 is 1.10 bits per heavy atom. The van der Waals surface area contributed by atoms with Gasteiger partial charge in [0.2, 0.25) is 0 Å². The molecule has 0 heterocycles. The van der Waals surface area contributed by atoms with Gasteiger partial charge in [0.15, 0.2) is 5.94 Å². The fraction of sp³-hybridized carbons (Fsp3) is 1.00. The molecule has 29 heavy (non-hydrogen) atoms. The second kappa shape index (κ2) is 7.18. The van der Waals surface area contributed by atoms with Gasteiger partial charge >= 0.3 is 12.4 Å². The normalized spacial score (nSPS) is 32.9. The molecular formula is C16H22F8O4S. The molecule has 0 aromatic heterocycles. The Kier molecular flexibility index (Phi) is 6.09. The first kappa shape index (κ1) is 24.6. The summed E-state index contributed by atoms with van der Waals surface area (Å²) >= 11 is 0. The summed E-state index contributed by atoms with van der Waals surface area (Å²) < 4.78 is 145. The van der Waals surface area contributed by atoms with Crippen LogP contribution in [0.1, 0.15) is 33.6 Å². The average Bonchev–Trinajstić information content (AvgIpc) is 2.92. The number of rotatable bonds is 6. The van der Waals surface area contributed by atoms with Gasteiger partial charge in [0.25, 0.3) is 21.6 Å². The number of fused-ring (bicyclic) bond motifs is 2. The Morgan fingerprint density at radius 3 is 1.93 bits per heavy atom. The number of alkyl halides is 8. The molecule has 1 N–H and O–H groups in total. The van der Waals surface area contributed by atoms with Crippen LogP contribution in [0.15, 0.2) is 0 Å². The van der Waals surface area contributed by atoms with E-state index in [4.69, 9.17) is 4.55 Å². The van der Waals surface area contributed by atoms with Crippen molar-refractivity contribution in [2.24, 2.45) is 35.5 Å². The van der Waals surface area contributed by atoms with Crippen molar-refractivity contribution in [1.29, 1.82) is 0 Å². The highest BCUT2D eigenvalue weighted by atomic mass is 32.2. The maximum absolute atomic E-state index is 14.8. The minimum atomic E-state index is -6.24. The fourth-order valence-corrected chi connectivity index (χ4v) is 5.66. The minimum absolute atomic E-state index is 0.216. The van der Waals surface area contributed by atoms with E-state index >= 15 is 0 Å². The predicted octanol–water partition coefficient (Wildman–Crippen LogP) is 4.91. The third kappa shape index (κ3) is 4.10. The molecule has 5 unspecified atom stereocenters. The molecule has 0 saturated heterocycles. The molecule has 2 bridgehead atoms. The second-order valence-corrected chi connectivity index (χ2v) is 9.74. The van der Waals surface area contributed by atoms with Crippen molar-refractivity contribution in [2.45, 2.75) is 57.5 Å². The first-order chi connectivity index (χ1) is 12.8. The van der Waals surface area contributed by atoms with Crippen LogP contribution < -0.4 is 0 Å². The monoisotopic (exact) mass is 462 g/mol. The van der Waals surface area contributed by atoms with Crippen LogP contribution in [0.2, 0.25) is 0 Å². The number of hydrogen-bond acceptors (Lipinski definition) is 3. The lowest BCUT2D eigenvalue weighted by atomic mass is 9.65. The molecule has 2 rings (SSSR count). The van der Waals surface area contributed by atoms with E-state index in [9.17, 15) is 43.5 Å². The number of ether oxygens (including phenoxy) is 1. The number of halogens is 8. The van der Waals surface area contributed by atoms with E-state index < -0.39 is 75.9 Å². The Hall–Kier alpha value is -0.690. The van der Waals surface area contributed by atoms with Crippen molar-refractivity contribution in [2.75, 3.05) is 5.94 Å². The maximum atomic E-state index is 14.8. The van der Waals surface area contributed by atoms with Crippen LogP contribution in [-0.2, 0) is 14.9 Å². The third-order valence-corrected chi connectivity index (χ3v) is 6.83. The highest BCUT2D eigenvalue weighted by Gasteiger charge is 2.77. The van der Waals surface area contributed by atoms with Gasteiger partial charge in [-0.1, -0.05) is 20.8 Å². The first-order valence-electron chi connectivity index (χ1n) is 8.86. The van der Waals surface area contributed by atoms with E-state index in [1.165, 1.54) is 6.92 Å². The van der Waals surface area contributed by atoms with Gasteiger partial charge in [-0.05, 0) is 30.1 Å². The summed E-state index contributed by atoms with van der Waals surface area (Å²) in [6, 6.07) is 0. The van der Waals surface area contributed by atoms with Gasteiger partial charge in [-0.2, -0.15) is 34.8 Å². The standard InChI is InChI=1S/C16H22F8O4S/c1-7(2)12-8(3)10-4-9(12)11(14(10,17)18)5-13(15(19,20)21,16(22,23)24)28-6-29(25,26)27/h7-12H,4-6H2,1-3H3,(H,25,26,27). The number of hydrogen-bond donors (Lipinski definition) is 1. The highest BCUT2D eigenvalue weighted by Crippen LogP contribution is 2.67. The zero-order valence-corrected chi connectivity index (χ0v) is 16.5. The first-order valence-corrected chi connectivity index (χ1v) is 10.5. The van der Waals surface area contributed by atoms with Crippen molar-refractivity contribution in [3.8, 4) is 0 Å². The Morgan fingerprint density at radius 2 is 1.59 bits per heavy atom. The van der Waals surface area contributed by atoms with Crippen LogP contribution in [0.5, 0.6) is 0 Å². The van der Waals surface area contributed by atoms with E-state index in [-0.39, 0.29) is 12.3 Å². The average molecular weight is 462 g/mol. The summed E-state index contributed by atoms with van der Waals surface area (Å²) in [4.78, 5) is 0. The quantitative estimate of drug-likeness (QED) is 0.450. The Bertz CT molecular complexity index is 699. The summed E-state index contributed by atoms with van der Waals surface area (Å²) in [5.41, 5.74) is -5.15. The zero-order valence-electron chi connectivity index (χ0n) is 15.7. The van der Waals surface area contributed by atoms with Crippen LogP contribution in [-0.4, -0.2) is 42.8 Å². The largest absolute Gasteiger partial charge is 0.426 e. The molecule has 2 aliphatic rings. The minimum Gasteiger partial charge on any atom is -0.339 e. The molecule has 0 aromatic carbocycles. The van der Waals surface area contributed by atoms with E-state index in [0.717, 1.165) is 0 Å². The van der Waals surface area contributed by atoms with E-state index in [2.05, 4.69) is 4.74 Å². The Balaban J connectivity index is 2.53. The lowest BCUT2D eigenvalue weighted by Crippen LogP contribution is -2.62. The summed E-state index contributed by atoms with van der Waals surface area (Å²) in [5.74, 6) is -12.3. The van der Waals surface area contributed by atoms with Crippen LogP contribution in [0.4, 0.5) is 35.1 Å². The molecule has 2 fully saturated rings. The zero-order chi connectivity index (χ0) is 22.8. The molecule has 0 radical (unpaired) electrons. The second-order valence-electron chi connectivity index (χ2n) is 8.34. The van der Waals surface area contributed by atoms with E-state index in [0.29, 0.717) is 0 Å². The van der Waals surface area contributed by atoms with Crippen LogP contribution in [0, 0.1) is 35.5 Å².